The topological polar surface area (TPSA) is 0 Å². The van der Waals surface area contributed by atoms with Gasteiger partial charge in [-0.05, 0) is 41.7 Å². The predicted octanol–water partition coefficient (Wildman–Crippen LogP) is 7.61. The van der Waals surface area contributed by atoms with E-state index in [1.807, 2.05) is 72.8 Å². The zero-order valence-electron chi connectivity index (χ0n) is 15.9. The van der Waals surface area contributed by atoms with Crippen molar-refractivity contribution in [3.8, 4) is 0 Å². The quantitative estimate of drug-likeness (QED) is 0.460. The van der Waals surface area contributed by atoms with Crippen molar-refractivity contribution in [1.29, 1.82) is 0 Å². The SMILES string of the molecule is C=Cc1ccccc1.C=Cc1ccccc1C=C.Cc1ccccc1C. The van der Waals surface area contributed by atoms with Gasteiger partial charge in [-0.25, -0.2) is 0 Å². The van der Waals surface area contributed by atoms with Crippen LogP contribution in [0.15, 0.2) is 98.6 Å². The van der Waals surface area contributed by atoms with Gasteiger partial charge in [0.25, 0.3) is 0 Å². The molecule has 3 rings (SSSR count). The third-order valence-electron chi connectivity index (χ3n) is 3.90. The largest absolute Gasteiger partial charge is 0.0985 e. The fraction of sp³-hybridized carbons (Fsp3) is 0.0769. The van der Waals surface area contributed by atoms with Gasteiger partial charge in [0, 0.05) is 0 Å². The average Bonchev–Trinajstić information content (AvgIpc) is 2.71. The predicted molar refractivity (Wildman–Crippen MR) is 119 cm³/mol. The van der Waals surface area contributed by atoms with Crippen LogP contribution in [0.2, 0.25) is 0 Å². The van der Waals surface area contributed by atoms with E-state index in [1.165, 1.54) is 16.7 Å². The first-order valence-corrected chi connectivity index (χ1v) is 8.66. The van der Waals surface area contributed by atoms with E-state index >= 15 is 0 Å². The number of hydrogen-bond acceptors (Lipinski definition) is 0. The molecule has 0 aliphatic rings. The maximum atomic E-state index is 3.69. The summed E-state index contributed by atoms with van der Waals surface area (Å²) in [4.78, 5) is 0. The van der Waals surface area contributed by atoms with Gasteiger partial charge in [-0.15, -0.1) is 0 Å². The van der Waals surface area contributed by atoms with Crippen LogP contribution in [0.4, 0.5) is 0 Å². The van der Waals surface area contributed by atoms with Crippen molar-refractivity contribution in [3.63, 3.8) is 0 Å². The first-order chi connectivity index (χ1) is 12.6. The van der Waals surface area contributed by atoms with Gasteiger partial charge in [0.1, 0.15) is 0 Å². The van der Waals surface area contributed by atoms with Crippen LogP contribution in [-0.2, 0) is 0 Å². The molecule has 3 aromatic carbocycles. The Morgan fingerprint density at radius 3 is 1.19 bits per heavy atom. The zero-order chi connectivity index (χ0) is 19.2. The number of aryl methyl sites for hydroxylation is 2. The molecule has 0 saturated carbocycles. The molecule has 0 atom stereocenters. The molecule has 0 aliphatic heterocycles. The van der Waals surface area contributed by atoms with Crippen molar-refractivity contribution < 1.29 is 0 Å². The molecule has 0 unspecified atom stereocenters. The van der Waals surface area contributed by atoms with E-state index in [9.17, 15) is 0 Å². The molecule has 132 valence electrons. The lowest BCUT2D eigenvalue weighted by molar-refractivity contribution is 1.34. The average molecular weight is 341 g/mol. The van der Waals surface area contributed by atoms with Crippen molar-refractivity contribution in [2.45, 2.75) is 13.8 Å². The fourth-order valence-corrected chi connectivity index (χ4v) is 2.13. The summed E-state index contributed by atoms with van der Waals surface area (Å²) >= 11 is 0. The van der Waals surface area contributed by atoms with Crippen LogP contribution in [-0.4, -0.2) is 0 Å². The lowest BCUT2D eigenvalue weighted by atomic mass is 10.1. The number of hydrogen-bond donors (Lipinski definition) is 0. The summed E-state index contributed by atoms with van der Waals surface area (Å²) in [6, 6.07) is 26.4. The van der Waals surface area contributed by atoms with Gasteiger partial charge in [0.15, 0.2) is 0 Å². The highest BCUT2D eigenvalue weighted by Gasteiger charge is 1.89. The molecule has 0 aromatic heterocycles. The minimum absolute atomic E-state index is 1.14. The molecule has 0 heterocycles. The first kappa shape index (κ1) is 20.9. The fourth-order valence-electron chi connectivity index (χ4n) is 2.13. The Bertz CT molecular complexity index is 762. The third kappa shape index (κ3) is 7.63. The molecule has 0 N–H and O–H groups in total. The Kier molecular flexibility index (Phi) is 9.88. The van der Waals surface area contributed by atoms with Gasteiger partial charge in [-0.2, -0.15) is 0 Å². The summed E-state index contributed by atoms with van der Waals surface area (Å²) in [5.74, 6) is 0. The Morgan fingerprint density at radius 2 is 0.885 bits per heavy atom. The second kappa shape index (κ2) is 12.3. The minimum atomic E-state index is 1.14. The van der Waals surface area contributed by atoms with Gasteiger partial charge < -0.3 is 0 Å². The van der Waals surface area contributed by atoms with Crippen LogP contribution in [0, 0.1) is 13.8 Å². The Balaban J connectivity index is 0.000000197. The van der Waals surface area contributed by atoms with Gasteiger partial charge >= 0.3 is 0 Å². The molecule has 3 aromatic rings. The van der Waals surface area contributed by atoms with E-state index in [4.69, 9.17) is 0 Å². The maximum Gasteiger partial charge on any atom is -0.0190 e. The summed E-state index contributed by atoms with van der Waals surface area (Å²) in [5, 5.41) is 0. The van der Waals surface area contributed by atoms with Gasteiger partial charge in [0.2, 0.25) is 0 Å². The molecular weight excluding hydrogens is 312 g/mol. The normalized spacial score (nSPS) is 8.85. The standard InChI is InChI=1S/C10H10.C8H10.C8H8/c1-3-9-7-5-6-8-10(9)4-2;1-7-5-3-4-6-8(7)2;1-2-8-6-4-3-5-7-8/h3-8H,1-2H2;3-6H,1-2H3;2-7H,1H2. The maximum absolute atomic E-state index is 3.69. The first-order valence-electron chi connectivity index (χ1n) is 8.66. The lowest BCUT2D eigenvalue weighted by Crippen LogP contribution is -1.76. The van der Waals surface area contributed by atoms with Crippen molar-refractivity contribution in [2.75, 3.05) is 0 Å². The summed E-state index contributed by atoms with van der Waals surface area (Å²) in [5.41, 5.74) is 6.18. The van der Waals surface area contributed by atoms with Crippen molar-refractivity contribution in [2.24, 2.45) is 0 Å². The summed E-state index contributed by atoms with van der Waals surface area (Å²) in [6.07, 6.45) is 5.49. The van der Waals surface area contributed by atoms with Gasteiger partial charge in [0.05, 0.1) is 0 Å². The van der Waals surface area contributed by atoms with E-state index < -0.39 is 0 Å². The molecule has 0 aliphatic carbocycles. The van der Waals surface area contributed by atoms with Crippen LogP contribution in [0.3, 0.4) is 0 Å². The molecule has 0 spiro atoms. The van der Waals surface area contributed by atoms with E-state index in [0.29, 0.717) is 0 Å². The smallest absolute Gasteiger partial charge is 0.0190 e. The van der Waals surface area contributed by atoms with Crippen molar-refractivity contribution in [3.05, 3.63) is 126 Å². The zero-order valence-corrected chi connectivity index (χ0v) is 15.9. The molecule has 0 fully saturated rings. The van der Waals surface area contributed by atoms with Crippen LogP contribution in [0.25, 0.3) is 18.2 Å². The van der Waals surface area contributed by atoms with Crippen LogP contribution in [0.5, 0.6) is 0 Å². The second-order valence-corrected chi connectivity index (χ2v) is 5.74. The molecular formula is C26H28. The molecule has 0 nitrogen and oxygen atoms in total. The second-order valence-electron chi connectivity index (χ2n) is 5.74. The van der Waals surface area contributed by atoms with E-state index in [1.54, 1.807) is 0 Å². The van der Waals surface area contributed by atoms with Crippen molar-refractivity contribution in [1.82, 2.24) is 0 Å². The summed E-state index contributed by atoms with van der Waals surface area (Å²) < 4.78 is 0. The van der Waals surface area contributed by atoms with Crippen LogP contribution >= 0.6 is 0 Å². The molecule has 0 radical (unpaired) electrons. The van der Waals surface area contributed by atoms with Crippen molar-refractivity contribution >= 4 is 18.2 Å². The Labute approximate surface area is 158 Å². The minimum Gasteiger partial charge on any atom is -0.0985 e. The number of rotatable bonds is 3. The summed E-state index contributed by atoms with van der Waals surface area (Å²) in [7, 11) is 0. The van der Waals surface area contributed by atoms with Crippen LogP contribution in [0.1, 0.15) is 27.8 Å². The van der Waals surface area contributed by atoms with E-state index in [2.05, 4.69) is 57.8 Å². The van der Waals surface area contributed by atoms with E-state index in [-0.39, 0.29) is 0 Å². The Morgan fingerprint density at radius 1 is 0.500 bits per heavy atom. The highest BCUT2D eigenvalue weighted by Crippen LogP contribution is 2.10. The third-order valence-corrected chi connectivity index (χ3v) is 3.90. The molecule has 26 heavy (non-hydrogen) atoms. The van der Waals surface area contributed by atoms with Gasteiger partial charge in [-0.1, -0.05) is 117 Å². The lowest BCUT2D eigenvalue weighted by Gasteiger charge is -1.96. The molecule has 0 amide bonds. The molecule has 0 heteroatoms. The molecule has 0 bridgehead atoms. The van der Waals surface area contributed by atoms with E-state index in [0.717, 1.165) is 11.1 Å². The monoisotopic (exact) mass is 340 g/mol. The molecule has 0 saturated heterocycles. The van der Waals surface area contributed by atoms with Crippen LogP contribution < -0.4 is 0 Å². The highest BCUT2D eigenvalue weighted by molar-refractivity contribution is 5.63. The number of benzene rings is 3. The van der Waals surface area contributed by atoms with Gasteiger partial charge in [-0.3, -0.25) is 0 Å². The summed E-state index contributed by atoms with van der Waals surface area (Å²) in [6.45, 7) is 15.3. The highest BCUT2D eigenvalue weighted by atomic mass is 13.9. The Hall–Kier alpha value is -3.12.